The van der Waals surface area contributed by atoms with E-state index in [2.05, 4.69) is 25.9 Å². The van der Waals surface area contributed by atoms with Gasteiger partial charge in [-0.1, -0.05) is 0 Å². The van der Waals surface area contributed by atoms with Crippen molar-refractivity contribution in [2.24, 2.45) is 0 Å². The molecule has 0 amide bonds. The number of nitrogens with zero attached hydrogens (tertiary/aromatic N) is 5. The summed E-state index contributed by atoms with van der Waals surface area (Å²) < 4.78 is 0.672. The summed E-state index contributed by atoms with van der Waals surface area (Å²) in [6.07, 6.45) is 2.95. The number of nitriles is 2. The first-order valence-corrected chi connectivity index (χ1v) is 4.53. The van der Waals surface area contributed by atoms with E-state index in [1.165, 1.54) is 6.33 Å². The van der Waals surface area contributed by atoms with E-state index in [4.69, 9.17) is 10.5 Å². The maximum Gasteiger partial charge on any atom is 0.148 e. The van der Waals surface area contributed by atoms with Gasteiger partial charge >= 0.3 is 0 Å². The molecule has 0 bridgehead atoms. The first-order chi connectivity index (χ1) is 6.79. The van der Waals surface area contributed by atoms with Gasteiger partial charge < -0.3 is 4.90 Å². The fourth-order valence-corrected chi connectivity index (χ4v) is 1.39. The third-order valence-corrected chi connectivity index (χ3v) is 2.03. The zero-order valence-corrected chi connectivity index (χ0v) is 8.77. The van der Waals surface area contributed by atoms with Gasteiger partial charge in [0.05, 0.1) is 16.6 Å². The molecule has 0 aromatic carbocycles. The molecule has 1 heterocycles. The minimum Gasteiger partial charge on any atom is -0.329 e. The topological polar surface area (TPSA) is 76.6 Å². The van der Waals surface area contributed by atoms with Crippen LogP contribution in [0.5, 0.6) is 0 Å². The van der Waals surface area contributed by atoms with Crippen LogP contribution in [-0.2, 0) is 0 Å². The minimum absolute atomic E-state index is 0.128. The van der Waals surface area contributed by atoms with Crippen molar-refractivity contribution in [2.45, 2.75) is 0 Å². The molecule has 0 radical (unpaired) electrons. The van der Waals surface area contributed by atoms with Crippen LogP contribution in [0.4, 0.5) is 5.82 Å². The van der Waals surface area contributed by atoms with Gasteiger partial charge in [0.2, 0.25) is 0 Å². The molecule has 0 aliphatic carbocycles. The number of rotatable bonds is 3. The van der Waals surface area contributed by atoms with Crippen molar-refractivity contribution in [1.29, 1.82) is 10.5 Å². The number of hydrogen-bond donors (Lipinski definition) is 0. The Morgan fingerprint density at radius 3 is 2.50 bits per heavy atom. The first-order valence-electron chi connectivity index (χ1n) is 3.74. The highest BCUT2D eigenvalue weighted by Gasteiger charge is 2.10. The molecule has 0 spiro atoms. The molecule has 0 fully saturated rings. The van der Waals surface area contributed by atoms with Crippen LogP contribution in [0.1, 0.15) is 0 Å². The number of aromatic nitrogens is 2. The van der Waals surface area contributed by atoms with Gasteiger partial charge in [-0.3, -0.25) is 0 Å². The van der Waals surface area contributed by atoms with Gasteiger partial charge in [-0.2, -0.15) is 10.5 Å². The molecule has 0 unspecified atom stereocenters. The van der Waals surface area contributed by atoms with Gasteiger partial charge in [0, 0.05) is 6.20 Å². The van der Waals surface area contributed by atoms with Crippen LogP contribution in [0.3, 0.4) is 0 Å². The highest BCUT2D eigenvalue weighted by molar-refractivity contribution is 9.10. The lowest BCUT2D eigenvalue weighted by Crippen LogP contribution is -2.25. The second-order valence-electron chi connectivity index (χ2n) is 2.37. The van der Waals surface area contributed by atoms with Gasteiger partial charge in [-0.05, 0) is 15.9 Å². The van der Waals surface area contributed by atoms with Crippen molar-refractivity contribution < 1.29 is 0 Å². The molecule has 0 N–H and O–H groups in total. The molecular formula is C8H6BrN5. The lowest BCUT2D eigenvalue weighted by atomic mass is 10.4. The lowest BCUT2D eigenvalue weighted by molar-refractivity contribution is 0.920. The van der Waals surface area contributed by atoms with E-state index in [1.807, 2.05) is 12.1 Å². The molecule has 0 atom stereocenters. The van der Waals surface area contributed by atoms with E-state index in [9.17, 15) is 0 Å². The Morgan fingerprint density at radius 2 is 2.00 bits per heavy atom. The van der Waals surface area contributed by atoms with Gasteiger partial charge in [0.15, 0.2) is 0 Å². The maximum absolute atomic E-state index is 8.56. The largest absolute Gasteiger partial charge is 0.329 e. The summed E-state index contributed by atoms with van der Waals surface area (Å²) in [5.41, 5.74) is 0. The van der Waals surface area contributed by atoms with Gasteiger partial charge in [-0.15, -0.1) is 0 Å². The third kappa shape index (κ3) is 2.41. The first kappa shape index (κ1) is 10.4. The molecule has 1 rings (SSSR count). The highest BCUT2D eigenvalue weighted by Crippen LogP contribution is 2.21. The zero-order chi connectivity index (χ0) is 10.4. The fraction of sp³-hybridized carbons (Fsp3) is 0.250. The van der Waals surface area contributed by atoms with E-state index < -0.39 is 0 Å². The summed E-state index contributed by atoms with van der Waals surface area (Å²) in [5, 5.41) is 17.1. The Labute approximate surface area is 89.7 Å². The van der Waals surface area contributed by atoms with Crippen molar-refractivity contribution in [3.8, 4) is 12.1 Å². The number of halogens is 1. The van der Waals surface area contributed by atoms with E-state index in [-0.39, 0.29) is 13.1 Å². The summed E-state index contributed by atoms with van der Waals surface area (Å²) in [4.78, 5) is 9.34. The van der Waals surface area contributed by atoms with Crippen LogP contribution < -0.4 is 4.90 Å². The molecule has 0 aliphatic heterocycles. The van der Waals surface area contributed by atoms with Crippen LogP contribution in [0.25, 0.3) is 0 Å². The van der Waals surface area contributed by atoms with Crippen molar-refractivity contribution in [3.05, 3.63) is 17.0 Å². The van der Waals surface area contributed by atoms with Crippen LogP contribution >= 0.6 is 15.9 Å². The van der Waals surface area contributed by atoms with Crippen LogP contribution in [-0.4, -0.2) is 23.1 Å². The Morgan fingerprint density at radius 1 is 1.36 bits per heavy atom. The summed E-state index contributed by atoms with van der Waals surface area (Å²) in [7, 11) is 0. The average Bonchev–Trinajstić information content (AvgIpc) is 2.18. The van der Waals surface area contributed by atoms with E-state index >= 15 is 0 Å². The summed E-state index contributed by atoms with van der Waals surface area (Å²) >= 11 is 3.25. The highest BCUT2D eigenvalue weighted by atomic mass is 79.9. The second kappa shape index (κ2) is 5.15. The molecule has 0 saturated heterocycles. The smallest absolute Gasteiger partial charge is 0.148 e. The number of hydrogen-bond acceptors (Lipinski definition) is 5. The summed E-state index contributed by atoms with van der Waals surface area (Å²) in [5.74, 6) is 0.558. The lowest BCUT2D eigenvalue weighted by Gasteiger charge is -2.17. The predicted molar refractivity (Wildman–Crippen MR) is 53.2 cm³/mol. The molecule has 6 heteroatoms. The maximum atomic E-state index is 8.56. The van der Waals surface area contributed by atoms with Crippen LogP contribution in [0.2, 0.25) is 0 Å². The molecule has 70 valence electrons. The molecular weight excluding hydrogens is 246 g/mol. The van der Waals surface area contributed by atoms with Gasteiger partial charge in [-0.25, -0.2) is 9.97 Å². The zero-order valence-electron chi connectivity index (χ0n) is 7.18. The van der Waals surface area contributed by atoms with Gasteiger partial charge in [0.1, 0.15) is 25.2 Å². The van der Waals surface area contributed by atoms with E-state index in [0.717, 1.165) is 0 Å². The third-order valence-electron chi connectivity index (χ3n) is 1.47. The molecule has 1 aromatic rings. The Kier molecular flexibility index (Phi) is 3.84. The molecule has 0 aliphatic rings. The van der Waals surface area contributed by atoms with Crippen LogP contribution in [0.15, 0.2) is 17.0 Å². The Balaban J connectivity index is 2.95. The van der Waals surface area contributed by atoms with E-state index in [1.54, 1.807) is 11.1 Å². The SMILES string of the molecule is N#CCN(CC#N)c1ncncc1Br. The summed E-state index contributed by atoms with van der Waals surface area (Å²) in [6.45, 7) is 0.256. The predicted octanol–water partition coefficient (Wildman–Crippen LogP) is 1.09. The van der Waals surface area contributed by atoms with Crippen LogP contribution in [0, 0.1) is 22.7 Å². The number of anilines is 1. The average molecular weight is 252 g/mol. The minimum atomic E-state index is 0.128. The van der Waals surface area contributed by atoms with Crippen molar-refractivity contribution >= 4 is 21.7 Å². The quantitative estimate of drug-likeness (QED) is 0.752. The normalized spacial score (nSPS) is 8.79. The Hall–Kier alpha value is -1.66. The van der Waals surface area contributed by atoms with E-state index in [0.29, 0.717) is 10.3 Å². The Bertz CT molecular complexity index is 375. The summed E-state index contributed by atoms with van der Waals surface area (Å²) in [6, 6.07) is 3.94. The molecule has 1 aromatic heterocycles. The molecule has 5 nitrogen and oxygen atoms in total. The molecule has 14 heavy (non-hydrogen) atoms. The van der Waals surface area contributed by atoms with Crippen molar-refractivity contribution in [2.75, 3.05) is 18.0 Å². The molecule has 0 saturated carbocycles. The second-order valence-corrected chi connectivity index (χ2v) is 3.22. The standard InChI is InChI=1S/C8H6BrN5/c9-7-5-12-6-13-8(7)14(3-1-10)4-2-11/h5-6H,3-4H2. The van der Waals surface area contributed by atoms with Crippen molar-refractivity contribution in [1.82, 2.24) is 9.97 Å². The van der Waals surface area contributed by atoms with Gasteiger partial charge in [0.25, 0.3) is 0 Å². The van der Waals surface area contributed by atoms with Crippen molar-refractivity contribution in [3.63, 3.8) is 0 Å². The monoisotopic (exact) mass is 251 g/mol. The fourth-order valence-electron chi connectivity index (χ4n) is 0.915.